The van der Waals surface area contributed by atoms with E-state index in [0.717, 1.165) is 25.7 Å². The molecule has 1 heterocycles. The van der Waals surface area contributed by atoms with E-state index in [4.69, 9.17) is 9.47 Å². The second kappa shape index (κ2) is 9.52. The molecule has 0 spiro atoms. The summed E-state index contributed by atoms with van der Waals surface area (Å²) in [5.74, 6) is 0.781. The van der Waals surface area contributed by atoms with E-state index in [-0.39, 0.29) is 23.9 Å². The van der Waals surface area contributed by atoms with Gasteiger partial charge in [-0.25, -0.2) is 4.79 Å². The van der Waals surface area contributed by atoms with Crippen LogP contribution in [-0.2, 0) is 19.1 Å². The molecule has 1 aliphatic carbocycles. The third-order valence-electron chi connectivity index (χ3n) is 4.66. The molecule has 2 unspecified atom stereocenters. The van der Waals surface area contributed by atoms with E-state index < -0.39 is 6.04 Å². The van der Waals surface area contributed by atoms with E-state index >= 15 is 0 Å². The number of methoxy groups -OCH3 is 1. The van der Waals surface area contributed by atoms with Gasteiger partial charge in [0.05, 0.1) is 12.0 Å². The van der Waals surface area contributed by atoms with Gasteiger partial charge in [0, 0.05) is 12.9 Å². The first-order chi connectivity index (χ1) is 11.2. The number of esters is 1. The molecule has 0 radical (unpaired) electrons. The number of rotatable bonds is 7. The topological polar surface area (TPSA) is 55.8 Å². The Labute approximate surface area is 143 Å². The number of ether oxygens (including phenoxy) is 2. The molecule has 23 heavy (non-hydrogen) atoms. The predicted molar refractivity (Wildman–Crippen MR) is 91.2 cm³/mol. The molecule has 0 aromatic heterocycles. The largest absolute Gasteiger partial charge is 0.464 e. The highest BCUT2D eigenvalue weighted by Crippen LogP contribution is 2.40. The van der Waals surface area contributed by atoms with Gasteiger partial charge in [0.2, 0.25) is 5.91 Å². The zero-order valence-corrected chi connectivity index (χ0v) is 15.1. The van der Waals surface area contributed by atoms with Crippen molar-refractivity contribution in [3.05, 3.63) is 0 Å². The highest BCUT2D eigenvalue weighted by Gasteiger charge is 2.45. The third kappa shape index (κ3) is 4.86. The Hall–Kier alpha value is -0.750. The van der Waals surface area contributed by atoms with Gasteiger partial charge >= 0.3 is 5.97 Å². The molecule has 0 bridgehead atoms. The smallest absolute Gasteiger partial charge is 0.329 e. The summed E-state index contributed by atoms with van der Waals surface area (Å²) < 4.78 is 10.4. The Morgan fingerprint density at radius 1 is 1.22 bits per heavy atom. The number of hydrogen-bond donors (Lipinski definition) is 0. The maximum Gasteiger partial charge on any atom is 0.329 e. The molecule has 6 heteroatoms. The number of thioether (sulfide) groups is 1. The normalized spacial score (nSPS) is 25.6. The summed E-state index contributed by atoms with van der Waals surface area (Å²) >= 11 is 1.74. The monoisotopic (exact) mass is 343 g/mol. The van der Waals surface area contributed by atoms with Crippen molar-refractivity contribution in [3.8, 4) is 0 Å². The minimum absolute atomic E-state index is 0.0303. The van der Waals surface area contributed by atoms with Crippen LogP contribution < -0.4 is 0 Å². The first-order valence-corrected chi connectivity index (χ1v) is 9.82. The molecule has 132 valence electrons. The molecule has 2 rings (SSSR count). The van der Waals surface area contributed by atoms with Crippen LogP contribution in [0.3, 0.4) is 0 Å². The highest BCUT2D eigenvalue weighted by molar-refractivity contribution is 8.00. The van der Waals surface area contributed by atoms with Gasteiger partial charge < -0.3 is 14.4 Å². The van der Waals surface area contributed by atoms with Crippen molar-refractivity contribution in [2.75, 3.05) is 26.1 Å². The molecule has 1 saturated carbocycles. The molecule has 0 N–H and O–H groups in total. The van der Waals surface area contributed by atoms with Crippen LogP contribution in [0, 0.1) is 5.92 Å². The molecule has 2 atom stereocenters. The summed E-state index contributed by atoms with van der Waals surface area (Å²) in [5.41, 5.74) is 0. The molecule has 1 saturated heterocycles. The molecule has 1 aliphatic heterocycles. The lowest BCUT2D eigenvalue weighted by molar-refractivity contribution is -0.156. The fourth-order valence-corrected chi connectivity index (χ4v) is 5.06. The van der Waals surface area contributed by atoms with Gasteiger partial charge in [-0.2, -0.15) is 0 Å². The summed E-state index contributed by atoms with van der Waals surface area (Å²) in [6, 6.07) is -0.452. The van der Waals surface area contributed by atoms with Crippen LogP contribution in [0.5, 0.6) is 0 Å². The summed E-state index contributed by atoms with van der Waals surface area (Å²) in [5, 5.41) is 0.0988. The zero-order chi connectivity index (χ0) is 16.7. The lowest BCUT2D eigenvalue weighted by Crippen LogP contribution is -2.50. The minimum atomic E-state index is -0.452. The molecular formula is C17H29NO4S. The van der Waals surface area contributed by atoms with E-state index in [9.17, 15) is 9.59 Å². The van der Waals surface area contributed by atoms with Crippen LogP contribution in [0.4, 0.5) is 0 Å². The molecule has 1 amide bonds. The Kier molecular flexibility index (Phi) is 7.70. The molecule has 0 aromatic carbocycles. The lowest BCUT2D eigenvalue weighted by Gasteiger charge is -2.35. The van der Waals surface area contributed by atoms with Crippen molar-refractivity contribution in [3.63, 3.8) is 0 Å². The van der Waals surface area contributed by atoms with Crippen molar-refractivity contribution < 1.29 is 19.1 Å². The zero-order valence-electron chi connectivity index (χ0n) is 14.3. The summed E-state index contributed by atoms with van der Waals surface area (Å²) in [7, 11) is 1.52. The van der Waals surface area contributed by atoms with Crippen LogP contribution in [0.15, 0.2) is 0 Å². The van der Waals surface area contributed by atoms with Gasteiger partial charge in [0.1, 0.15) is 12.6 Å². The standard InChI is InChI=1S/C17H29NO4S/c1-3-4-10-22-17(20)14-12-23-16(13-8-6-5-7-9-13)18(14)15(19)11-21-2/h13-14,16H,3-12H2,1-2H3. The van der Waals surface area contributed by atoms with Crippen LogP contribution in [0.25, 0.3) is 0 Å². The lowest BCUT2D eigenvalue weighted by atomic mass is 9.88. The van der Waals surface area contributed by atoms with E-state index in [1.165, 1.54) is 26.4 Å². The number of unbranched alkanes of at least 4 members (excludes halogenated alkanes) is 1. The molecule has 2 fully saturated rings. The van der Waals surface area contributed by atoms with Gasteiger partial charge in [0.15, 0.2) is 0 Å². The fraction of sp³-hybridized carbons (Fsp3) is 0.882. The number of nitrogens with zero attached hydrogens (tertiary/aromatic N) is 1. The van der Waals surface area contributed by atoms with Gasteiger partial charge in [-0.05, 0) is 25.2 Å². The van der Waals surface area contributed by atoms with Gasteiger partial charge in [-0.1, -0.05) is 32.6 Å². The van der Waals surface area contributed by atoms with Crippen molar-refractivity contribution in [2.24, 2.45) is 5.92 Å². The SMILES string of the molecule is CCCCOC(=O)C1CSC(C2CCCCC2)N1C(=O)COC. The Morgan fingerprint density at radius 3 is 2.61 bits per heavy atom. The fourth-order valence-electron chi connectivity index (χ4n) is 3.42. The molecule has 2 aliphatic rings. The minimum Gasteiger partial charge on any atom is -0.464 e. The molecular weight excluding hydrogens is 314 g/mol. The van der Waals surface area contributed by atoms with E-state index in [1.54, 1.807) is 16.7 Å². The van der Waals surface area contributed by atoms with Gasteiger partial charge in [-0.3, -0.25) is 4.79 Å². The van der Waals surface area contributed by atoms with Crippen molar-refractivity contribution in [1.29, 1.82) is 0 Å². The second-order valence-corrected chi connectivity index (χ2v) is 7.54. The highest BCUT2D eigenvalue weighted by atomic mass is 32.2. The number of carbonyl (C=O) groups is 2. The average molecular weight is 343 g/mol. The van der Waals surface area contributed by atoms with Crippen LogP contribution in [-0.4, -0.2) is 54.3 Å². The average Bonchev–Trinajstić information content (AvgIpc) is 3.01. The number of carbonyl (C=O) groups excluding carboxylic acids is 2. The number of amides is 1. The number of hydrogen-bond acceptors (Lipinski definition) is 5. The Bertz CT molecular complexity index is 398. The van der Waals surface area contributed by atoms with Gasteiger partial charge in [-0.15, -0.1) is 11.8 Å². The first kappa shape index (κ1) is 18.6. The van der Waals surface area contributed by atoms with Crippen molar-refractivity contribution in [1.82, 2.24) is 4.90 Å². The summed E-state index contributed by atoms with van der Waals surface area (Å²) in [6.45, 7) is 2.53. The van der Waals surface area contributed by atoms with Crippen molar-refractivity contribution >= 4 is 23.6 Å². The predicted octanol–water partition coefficient (Wildman–Crippen LogP) is 2.83. The van der Waals surface area contributed by atoms with Crippen molar-refractivity contribution in [2.45, 2.75) is 63.3 Å². The Balaban J connectivity index is 2.04. The summed E-state index contributed by atoms with van der Waals surface area (Å²) in [6.07, 6.45) is 7.87. The van der Waals surface area contributed by atoms with Crippen LogP contribution in [0.1, 0.15) is 51.9 Å². The molecule has 5 nitrogen and oxygen atoms in total. The maximum absolute atomic E-state index is 12.5. The van der Waals surface area contributed by atoms with Gasteiger partial charge in [0.25, 0.3) is 0 Å². The molecule has 0 aromatic rings. The van der Waals surface area contributed by atoms with E-state index in [1.807, 2.05) is 0 Å². The van der Waals surface area contributed by atoms with E-state index in [2.05, 4.69) is 6.92 Å². The second-order valence-electron chi connectivity index (χ2n) is 6.39. The first-order valence-electron chi connectivity index (χ1n) is 8.77. The third-order valence-corrected chi connectivity index (χ3v) is 6.12. The maximum atomic E-state index is 12.5. The quantitative estimate of drug-likeness (QED) is 0.525. The van der Waals surface area contributed by atoms with E-state index in [0.29, 0.717) is 18.3 Å². The van der Waals surface area contributed by atoms with Crippen LogP contribution >= 0.6 is 11.8 Å². The van der Waals surface area contributed by atoms with Crippen LogP contribution in [0.2, 0.25) is 0 Å². The summed E-state index contributed by atoms with van der Waals surface area (Å²) in [4.78, 5) is 26.7. The Morgan fingerprint density at radius 2 is 1.96 bits per heavy atom.